The molecule has 116 valence electrons. The molecule has 2 aliphatic carbocycles. The van der Waals surface area contributed by atoms with Gasteiger partial charge in [0, 0.05) is 23.9 Å². The fourth-order valence-corrected chi connectivity index (χ4v) is 4.44. The first kappa shape index (κ1) is 15.0. The van der Waals surface area contributed by atoms with E-state index >= 15 is 0 Å². The second-order valence-corrected chi connectivity index (χ2v) is 7.32. The molecule has 0 radical (unpaired) electrons. The third kappa shape index (κ3) is 3.48. The Labute approximate surface area is 129 Å². The molecule has 0 aromatic carbocycles. The van der Waals surface area contributed by atoms with Crippen molar-refractivity contribution in [1.82, 2.24) is 10.3 Å². The number of nitrogens with zero attached hydrogens (tertiary/aromatic N) is 1. The first-order valence-electron chi connectivity index (χ1n) is 8.93. The summed E-state index contributed by atoms with van der Waals surface area (Å²) in [5.74, 6) is 2.40. The number of nitrogens with one attached hydrogen (secondary N) is 1. The molecule has 1 aromatic rings. The van der Waals surface area contributed by atoms with Crippen LogP contribution >= 0.6 is 0 Å². The second-order valence-electron chi connectivity index (χ2n) is 7.32. The van der Waals surface area contributed by atoms with Crippen molar-refractivity contribution >= 4 is 0 Å². The molecule has 1 N–H and O–H groups in total. The normalized spacial score (nSPS) is 29.4. The van der Waals surface area contributed by atoms with Crippen LogP contribution in [0.15, 0.2) is 18.3 Å². The lowest BCUT2D eigenvalue weighted by molar-refractivity contribution is 0.246. The fourth-order valence-electron chi connectivity index (χ4n) is 4.44. The van der Waals surface area contributed by atoms with Crippen molar-refractivity contribution in [2.24, 2.45) is 11.8 Å². The zero-order chi connectivity index (χ0) is 14.7. The van der Waals surface area contributed by atoms with E-state index < -0.39 is 0 Å². The smallest absolute Gasteiger partial charge is 0.0469 e. The van der Waals surface area contributed by atoms with Gasteiger partial charge in [-0.15, -0.1) is 0 Å². The number of rotatable bonds is 4. The van der Waals surface area contributed by atoms with Crippen LogP contribution in [0.25, 0.3) is 0 Å². The zero-order valence-electron chi connectivity index (χ0n) is 13.6. The van der Waals surface area contributed by atoms with Crippen LogP contribution in [0.4, 0.5) is 0 Å². The van der Waals surface area contributed by atoms with Crippen LogP contribution in [0.5, 0.6) is 0 Å². The van der Waals surface area contributed by atoms with Crippen LogP contribution in [0.2, 0.25) is 0 Å². The van der Waals surface area contributed by atoms with E-state index in [0.29, 0.717) is 6.04 Å². The molecule has 1 heterocycles. The summed E-state index contributed by atoms with van der Waals surface area (Å²) >= 11 is 0. The van der Waals surface area contributed by atoms with E-state index in [1.807, 2.05) is 6.20 Å². The number of pyridine rings is 1. The summed E-state index contributed by atoms with van der Waals surface area (Å²) in [7, 11) is 0. The van der Waals surface area contributed by atoms with Gasteiger partial charge in [-0.05, 0) is 55.7 Å². The summed E-state index contributed by atoms with van der Waals surface area (Å²) in [5.41, 5.74) is 2.95. The first-order chi connectivity index (χ1) is 10.3. The molecule has 0 bridgehead atoms. The van der Waals surface area contributed by atoms with E-state index in [1.54, 1.807) is 0 Å². The molecule has 3 unspecified atom stereocenters. The maximum atomic E-state index is 4.76. The third-order valence-electron chi connectivity index (χ3n) is 5.52. The molecule has 3 atom stereocenters. The maximum Gasteiger partial charge on any atom is 0.0469 e. The Kier molecular flexibility index (Phi) is 4.95. The Morgan fingerprint density at radius 1 is 1.19 bits per heavy atom. The van der Waals surface area contributed by atoms with Gasteiger partial charge in [0.1, 0.15) is 0 Å². The lowest BCUT2D eigenvalue weighted by atomic mass is 9.77. The summed E-state index contributed by atoms with van der Waals surface area (Å²) in [6.07, 6.45) is 11.6. The van der Waals surface area contributed by atoms with Gasteiger partial charge in [-0.2, -0.15) is 0 Å². The average Bonchev–Trinajstić information content (AvgIpc) is 2.76. The van der Waals surface area contributed by atoms with Crippen LogP contribution in [-0.2, 0) is 6.42 Å². The van der Waals surface area contributed by atoms with Gasteiger partial charge in [-0.25, -0.2) is 0 Å². The predicted octanol–water partition coefficient (Wildman–Crippen LogP) is 4.31. The number of fused-ring (bicyclic) bond motifs is 1. The largest absolute Gasteiger partial charge is 0.314 e. The molecule has 0 saturated heterocycles. The highest BCUT2D eigenvalue weighted by molar-refractivity contribution is 5.29. The molecule has 0 amide bonds. The molecule has 3 rings (SSSR count). The van der Waals surface area contributed by atoms with Gasteiger partial charge in [0.15, 0.2) is 0 Å². The molecular weight excluding hydrogens is 256 g/mol. The van der Waals surface area contributed by atoms with Crippen molar-refractivity contribution in [3.05, 3.63) is 29.6 Å². The van der Waals surface area contributed by atoms with Crippen LogP contribution in [-0.4, -0.2) is 17.6 Å². The van der Waals surface area contributed by atoms with Gasteiger partial charge >= 0.3 is 0 Å². The van der Waals surface area contributed by atoms with Crippen molar-refractivity contribution in [1.29, 1.82) is 0 Å². The van der Waals surface area contributed by atoms with E-state index in [-0.39, 0.29) is 0 Å². The lowest BCUT2D eigenvalue weighted by Gasteiger charge is -2.31. The molecule has 2 nitrogen and oxygen atoms in total. The summed E-state index contributed by atoms with van der Waals surface area (Å²) in [6.45, 7) is 5.72. The topological polar surface area (TPSA) is 24.9 Å². The molecule has 1 fully saturated rings. The molecule has 21 heavy (non-hydrogen) atoms. The van der Waals surface area contributed by atoms with Gasteiger partial charge in [0.25, 0.3) is 0 Å². The average molecular weight is 286 g/mol. The minimum absolute atomic E-state index is 0.600. The minimum atomic E-state index is 0.600. The van der Waals surface area contributed by atoms with Gasteiger partial charge in [0.05, 0.1) is 0 Å². The standard InChI is InChI=1S/C19H30N2/c1-14(2)21-13-16-7-4-3-5-9-17(16)18-11-10-15-8-6-12-20-19(15)18/h6,8,12,14,16-18,21H,3-5,7,9-11,13H2,1-2H3. The Morgan fingerprint density at radius 2 is 2.05 bits per heavy atom. The van der Waals surface area contributed by atoms with Crippen LogP contribution in [0.1, 0.15) is 69.5 Å². The lowest BCUT2D eigenvalue weighted by Crippen LogP contribution is -2.34. The number of aryl methyl sites for hydroxylation is 1. The zero-order valence-corrected chi connectivity index (χ0v) is 13.6. The van der Waals surface area contributed by atoms with Crippen molar-refractivity contribution in [3.8, 4) is 0 Å². The van der Waals surface area contributed by atoms with Crippen LogP contribution in [0, 0.1) is 11.8 Å². The van der Waals surface area contributed by atoms with E-state index in [0.717, 1.165) is 17.8 Å². The fraction of sp³-hybridized carbons (Fsp3) is 0.737. The van der Waals surface area contributed by atoms with Crippen LogP contribution < -0.4 is 5.32 Å². The monoisotopic (exact) mass is 286 g/mol. The molecule has 2 heteroatoms. The van der Waals surface area contributed by atoms with Crippen molar-refractivity contribution in [2.45, 2.75) is 70.8 Å². The van der Waals surface area contributed by atoms with E-state index in [2.05, 4.69) is 31.3 Å². The third-order valence-corrected chi connectivity index (χ3v) is 5.52. The van der Waals surface area contributed by atoms with E-state index in [4.69, 9.17) is 4.98 Å². The minimum Gasteiger partial charge on any atom is -0.314 e. The Morgan fingerprint density at radius 3 is 2.90 bits per heavy atom. The van der Waals surface area contributed by atoms with Crippen molar-refractivity contribution < 1.29 is 0 Å². The quantitative estimate of drug-likeness (QED) is 0.834. The predicted molar refractivity (Wildman–Crippen MR) is 88.5 cm³/mol. The highest BCUT2D eigenvalue weighted by Crippen LogP contribution is 2.44. The maximum absolute atomic E-state index is 4.76. The molecule has 1 saturated carbocycles. The van der Waals surface area contributed by atoms with E-state index in [1.165, 1.54) is 62.7 Å². The Bertz CT molecular complexity index is 455. The summed E-state index contributed by atoms with van der Waals surface area (Å²) < 4.78 is 0. The molecule has 0 aliphatic heterocycles. The molecule has 1 aromatic heterocycles. The van der Waals surface area contributed by atoms with E-state index in [9.17, 15) is 0 Å². The first-order valence-corrected chi connectivity index (χ1v) is 8.93. The molecule has 0 spiro atoms. The van der Waals surface area contributed by atoms with Gasteiger partial charge in [-0.1, -0.05) is 39.2 Å². The number of hydrogen-bond acceptors (Lipinski definition) is 2. The highest BCUT2D eigenvalue weighted by atomic mass is 14.9. The second kappa shape index (κ2) is 6.91. The Balaban J connectivity index is 1.77. The Hall–Kier alpha value is -0.890. The van der Waals surface area contributed by atoms with Crippen molar-refractivity contribution in [2.75, 3.05) is 6.54 Å². The highest BCUT2D eigenvalue weighted by Gasteiger charge is 2.35. The van der Waals surface area contributed by atoms with Gasteiger partial charge in [0.2, 0.25) is 0 Å². The molecule has 2 aliphatic rings. The summed E-state index contributed by atoms with van der Waals surface area (Å²) in [5, 5.41) is 3.70. The van der Waals surface area contributed by atoms with Gasteiger partial charge < -0.3 is 5.32 Å². The van der Waals surface area contributed by atoms with Crippen LogP contribution in [0.3, 0.4) is 0 Å². The SMILES string of the molecule is CC(C)NCC1CCCCCC1C1CCc2cccnc21. The number of hydrogen-bond donors (Lipinski definition) is 1. The van der Waals surface area contributed by atoms with Crippen molar-refractivity contribution in [3.63, 3.8) is 0 Å². The summed E-state index contributed by atoms with van der Waals surface area (Å²) in [6, 6.07) is 5.00. The number of aromatic nitrogens is 1. The summed E-state index contributed by atoms with van der Waals surface area (Å²) in [4.78, 5) is 4.76. The molecular formula is C19H30N2. The van der Waals surface area contributed by atoms with Gasteiger partial charge in [-0.3, -0.25) is 4.98 Å².